The predicted molar refractivity (Wildman–Crippen MR) is 68.5 cm³/mol. The van der Waals surface area contributed by atoms with Gasteiger partial charge in [0.05, 0.1) is 18.4 Å². The van der Waals surface area contributed by atoms with Crippen molar-refractivity contribution in [2.45, 2.75) is 6.54 Å². The summed E-state index contributed by atoms with van der Waals surface area (Å²) in [4.78, 5) is 19.0. The lowest BCUT2D eigenvalue weighted by Crippen LogP contribution is -1.98. The molecular formula is C14H11N3O. The number of aromatic nitrogens is 3. The van der Waals surface area contributed by atoms with Crippen molar-refractivity contribution in [3.63, 3.8) is 0 Å². The molecule has 0 saturated heterocycles. The highest BCUT2D eigenvalue weighted by atomic mass is 16.1. The van der Waals surface area contributed by atoms with Crippen LogP contribution in [0.4, 0.5) is 0 Å². The molecule has 0 aliphatic rings. The molecule has 1 aromatic carbocycles. The van der Waals surface area contributed by atoms with Crippen LogP contribution in [0.1, 0.15) is 16.1 Å². The number of nitrogens with zero attached hydrogens (tertiary/aromatic N) is 3. The standard InChI is InChI=1S/C14H11N3O/c18-9-13-8-17(10-16-13)7-12-4-1-3-11-5-2-6-15-14(11)12/h1-6,8-10H,7H2. The molecule has 0 fully saturated rings. The van der Waals surface area contributed by atoms with Gasteiger partial charge in [0.25, 0.3) is 0 Å². The van der Waals surface area contributed by atoms with Gasteiger partial charge in [-0.1, -0.05) is 24.3 Å². The molecule has 4 nitrogen and oxygen atoms in total. The number of hydrogen-bond acceptors (Lipinski definition) is 3. The second-order valence-corrected chi connectivity index (χ2v) is 4.08. The molecule has 3 aromatic rings. The van der Waals surface area contributed by atoms with Crippen LogP contribution in [0, 0.1) is 0 Å². The molecule has 3 rings (SSSR count). The van der Waals surface area contributed by atoms with Gasteiger partial charge in [-0.3, -0.25) is 9.78 Å². The second-order valence-electron chi connectivity index (χ2n) is 4.08. The fourth-order valence-corrected chi connectivity index (χ4v) is 2.02. The molecule has 0 aliphatic heterocycles. The van der Waals surface area contributed by atoms with E-state index >= 15 is 0 Å². The van der Waals surface area contributed by atoms with Gasteiger partial charge in [-0.25, -0.2) is 4.98 Å². The van der Waals surface area contributed by atoms with E-state index < -0.39 is 0 Å². The largest absolute Gasteiger partial charge is 0.332 e. The van der Waals surface area contributed by atoms with E-state index in [1.807, 2.05) is 34.9 Å². The minimum atomic E-state index is 0.447. The van der Waals surface area contributed by atoms with Crippen molar-refractivity contribution in [3.8, 4) is 0 Å². The highest BCUT2D eigenvalue weighted by molar-refractivity contribution is 5.81. The smallest absolute Gasteiger partial charge is 0.169 e. The first kappa shape index (κ1) is 10.7. The Kier molecular flexibility index (Phi) is 2.61. The van der Waals surface area contributed by atoms with Gasteiger partial charge in [0.2, 0.25) is 0 Å². The number of para-hydroxylation sites is 1. The molecule has 2 heterocycles. The van der Waals surface area contributed by atoms with Crippen molar-refractivity contribution in [3.05, 3.63) is 60.3 Å². The molecule has 4 heteroatoms. The van der Waals surface area contributed by atoms with Crippen molar-refractivity contribution < 1.29 is 4.79 Å². The number of benzene rings is 1. The molecule has 18 heavy (non-hydrogen) atoms. The van der Waals surface area contributed by atoms with Gasteiger partial charge in [0.1, 0.15) is 5.69 Å². The zero-order chi connectivity index (χ0) is 12.4. The third kappa shape index (κ3) is 1.88. The van der Waals surface area contributed by atoms with Gasteiger partial charge < -0.3 is 4.57 Å². The number of imidazole rings is 1. The Morgan fingerprint density at radius 1 is 1.17 bits per heavy atom. The third-order valence-corrected chi connectivity index (χ3v) is 2.84. The van der Waals surface area contributed by atoms with Crippen molar-refractivity contribution in [2.24, 2.45) is 0 Å². The summed E-state index contributed by atoms with van der Waals surface area (Å²) in [6.45, 7) is 0.662. The van der Waals surface area contributed by atoms with Crippen LogP contribution in [0.3, 0.4) is 0 Å². The number of hydrogen-bond donors (Lipinski definition) is 0. The van der Waals surface area contributed by atoms with Gasteiger partial charge in [0, 0.05) is 17.8 Å². The van der Waals surface area contributed by atoms with Gasteiger partial charge in [-0.05, 0) is 11.6 Å². The van der Waals surface area contributed by atoms with Gasteiger partial charge in [-0.2, -0.15) is 0 Å². The highest BCUT2D eigenvalue weighted by Crippen LogP contribution is 2.16. The number of fused-ring (bicyclic) bond motifs is 1. The molecule has 0 amide bonds. The summed E-state index contributed by atoms with van der Waals surface area (Å²) in [6, 6.07) is 10.0. The summed E-state index contributed by atoms with van der Waals surface area (Å²) in [7, 11) is 0. The van der Waals surface area contributed by atoms with Gasteiger partial charge in [0.15, 0.2) is 6.29 Å². The average molecular weight is 237 g/mol. The molecule has 0 atom stereocenters. The molecule has 0 aliphatic carbocycles. The first-order chi connectivity index (χ1) is 8.86. The molecule has 0 bridgehead atoms. The van der Waals surface area contributed by atoms with E-state index in [0.29, 0.717) is 12.2 Å². The van der Waals surface area contributed by atoms with E-state index in [1.54, 1.807) is 18.7 Å². The SMILES string of the molecule is O=Cc1cn(Cc2cccc3cccnc23)cn1. The van der Waals surface area contributed by atoms with Crippen molar-refractivity contribution in [2.75, 3.05) is 0 Å². The molecule has 0 N–H and O–H groups in total. The Morgan fingerprint density at radius 2 is 2.06 bits per heavy atom. The normalized spacial score (nSPS) is 10.7. The molecule has 0 radical (unpaired) electrons. The maximum atomic E-state index is 10.6. The predicted octanol–water partition coefficient (Wildman–Crippen LogP) is 2.29. The van der Waals surface area contributed by atoms with Crippen molar-refractivity contribution in [1.82, 2.24) is 14.5 Å². The molecule has 0 unspecified atom stereocenters. The van der Waals surface area contributed by atoms with Crippen LogP contribution in [-0.2, 0) is 6.54 Å². The Morgan fingerprint density at radius 3 is 2.89 bits per heavy atom. The van der Waals surface area contributed by atoms with E-state index in [-0.39, 0.29) is 0 Å². The number of pyridine rings is 1. The molecule has 88 valence electrons. The maximum Gasteiger partial charge on any atom is 0.169 e. The Balaban J connectivity index is 2.01. The summed E-state index contributed by atoms with van der Waals surface area (Å²) >= 11 is 0. The minimum Gasteiger partial charge on any atom is -0.332 e. The lowest BCUT2D eigenvalue weighted by molar-refractivity contribution is 0.111. The quantitative estimate of drug-likeness (QED) is 0.657. The zero-order valence-corrected chi connectivity index (χ0v) is 9.65. The lowest BCUT2D eigenvalue weighted by Gasteiger charge is -2.05. The number of aldehydes is 1. The van der Waals surface area contributed by atoms with Gasteiger partial charge in [-0.15, -0.1) is 0 Å². The van der Waals surface area contributed by atoms with E-state index in [0.717, 1.165) is 22.8 Å². The molecule has 0 saturated carbocycles. The average Bonchev–Trinajstić information content (AvgIpc) is 2.87. The highest BCUT2D eigenvalue weighted by Gasteiger charge is 2.03. The monoisotopic (exact) mass is 237 g/mol. The van der Waals surface area contributed by atoms with E-state index in [9.17, 15) is 4.79 Å². The third-order valence-electron chi connectivity index (χ3n) is 2.84. The van der Waals surface area contributed by atoms with Crippen LogP contribution in [0.5, 0.6) is 0 Å². The Bertz CT molecular complexity index is 698. The van der Waals surface area contributed by atoms with Crippen LogP contribution < -0.4 is 0 Å². The summed E-state index contributed by atoms with van der Waals surface area (Å²) in [6.07, 6.45) is 5.93. The van der Waals surface area contributed by atoms with Crippen LogP contribution in [0.2, 0.25) is 0 Å². The van der Waals surface area contributed by atoms with Gasteiger partial charge >= 0.3 is 0 Å². The first-order valence-electron chi connectivity index (χ1n) is 5.66. The van der Waals surface area contributed by atoms with Crippen molar-refractivity contribution in [1.29, 1.82) is 0 Å². The van der Waals surface area contributed by atoms with Crippen molar-refractivity contribution >= 4 is 17.2 Å². The molecular weight excluding hydrogens is 226 g/mol. The number of carbonyl (C=O) groups is 1. The number of carbonyl (C=O) groups excluding carboxylic acids is 1. The Hall–Kier alpha value is -2.49. The first-order valence-corrected chi connectivity index (χ1v) is 5.66. The van der Waals surface area contributed by atoms with Crippen LogP contribution in [-0.4, -0.2) is 20.8 Å². The summed E-state index contributed by atoms with van der Waals surface area (Å²) in [5, 5.41) is 1.12. The molecule has 2 aromatic heterocycles. The van der Waals surface area contributed by atoms with Crippen LogP contribution >= 0.6 is 0 Å². The van der Waals surface area contributed by atoms with E-state index in [4.69, 9.17) is 0 Å². The maximum absolute atomic E-state index is 10.6. The van der Waals surface area contributed by atoms with E-state index in [1.165, 1.54) is 0 Å². The topological polar surface area (TPSA) is 47.8 Å². The number of rotatable bonds is 3. The zero-order valence-electron chi connectivity index (χ0n) is 9.65. The summed E-state index contributed by atoms with van der Waals surface area (Å²) < 4.78 is 1.88. The second kappa shape index (κ2) is 4.41. The fourth-order valence-electron chi connectivity index (χ4n) is 2.02. The fraction of sp³-hybridized carbons (Fsp3) is 0.0714. The Labute approximate surface area is 104 Å². The summed E-state index contributed by atoms with van der Waals surface area (Å²) in [5.41, 5.74) is 2.55. The van der Waals surface area contributed by atoms with E-state index in [2.05, 4.69) is 9.97 Å². The lowest BCUT2D eigenvalue weighted by atomic mass is 10.1. The van der Waals surface area contributed by atoms with Crippen LogP contribution in [0.25, 0.3) is 10.9 Å². The van der Waals surface area contributed by atoms with Crippen LogP contribution in [0.15, 0.2) is 49.1 Å². The molecule has 0 spiro atoms. The minimum absolute atomic E-state index is 0.447. The summed E-state index contributed by atoms with van der Waals surface area (Å²) in [5.74, 6) is 0.